The molecule has 0 atom stereocenters. The highest BCUT2D eigenvalue weighted by molar-refractivity contribution is 6.30. The Morgan fingerprint density at radius 3 is 2.21 bits per heavy atom. The number of hydrogen-bond donors (Lipinski definition) is 2. The molecule has 0 aliphatic heterocycles. The predicted molar refractivity (Wildman–Crippen MR) is 74.7 cm³/mol. The van der Waals surface area contributed by atoms with Crippen LogP contribution >= 0.6 is 11.6 Å². The number of urea groups is 1. The maximum absolute atomic E-state index is 12.1. The fraction of sp³-hybridized carbons (Fsp3) is 0.385. The van der Waals surface area contributed by atoms with Crippen LogP contribution in [0.3, 0.4) is 0 Å². The number of halogens is 1. The zero-order chi connectivity index (χ0) is 14.6. The van der Waals surface area contributed by atoms with Crippen molar-refractivity contribution in [1.82, 2.24) is 5.32 Å². The summed E-state index contributed by atoms with van der Waals surface area (Å²) >= 11 is 5.77. The lowest BCUT2D eigenvalue weighted by atomic mass is 10.1. The zero-order valence-electron chi connectivity index (χ0n) is 11.1. The first-order valence-electron chi connectivity index (χ1n) is 5.76. The maximum atomic E-state index is 12.1. The van der Waals surface area contributed by atoms with Crippen molar-refractivity contribution in [1.29, 1.82) is 0 Å². The van der Waals surface area contributed by atoms with Gasteiger partial charge in [-0.1, -0.05) is 11.6 Å². The molecule has 0 saturated carbocycles. The fourth-order valence-electron chi connectivity index (χ4n) is 1.42. The molecule has 0 aliphatic rings. The molecule has 1 aromatic rings. The lowest BCUT2D eigenvalue weighted by Gasteiger charge is -2.27. The largest absolute Gasteiger partial charge is 0.480 e. The van der Waals surface area contributed by atoms with Crippen molar-refractivity contribution in [3.05, 3.63) is 29.3 Å². The van der Waals surface area contributed by atoms with E-state index in [1.165, 1.54) is 0 Å². The van der Waals surface area contributed by atoms with Crippen molar-refractivity contribution in [2.75, 3.05) is 11.4 Å². The molecule has 1 rings (SSSR count). The number of carboxylic acids is 1. The highest BCUT2D eigenvalue weighted by Gasteiger charge is 2.22. The fourth-order valence-corrected chi connectivity index (χ4v) is 1.55. The number of amides is 2. The number of nitrogens with zero attached hydrogens (tertiary/aromatic N) is 1. The number of nitrogens with one attached hydrogen (secondary N) is 1. The maximum Gasteiger partial charge on any atom is 0.323 e. The van der Waals surface area contributed by atoms with Gasteiger partial charge in [0.15, 0.2) is 0 Å². The van der Waals surface area contributed by atoms with Crippen LogP contribution in [0.2, 0.25) is 5.02 Å². The van der Waals surface area contributed by atoms with Gasteiger partial charge in [0.05, 0.1) is 0 Å². The molecule has 0 heterocycles. The zero-order valence-corrected chi connectivity index (χ0v) is 11.9. The van der Waals surface area contributed by atoms with Crippen LogP contribution in [0.1, 0.15) is 20.8 Å². The van der Waals surface area contributed by atoms with Crippen LogP contribution in [0, 0.1) is 0 Å². The minimum absolute atomic E-state index is 0.413. The molecular formula is C13H17ClN2O3. The molecule has 0 unspecified atom stereocenters. The van der Waals surface area contributed by atoms with Gasteiger partial charge in [-0.05, 0) is 45.0 Å². The molecule has 19 heavy (non-hydrogen) atoms. The van der Waals surface area contributed by atoms with E-state index in [-0.39, 0.29) is 0 Å². The van der Waals surface area contributed by atoms with Crippen molar-refractivity contribution in [2.24, 2.45) is 0 Å². The molecule has 0 aromatic heterocycles. The number of benzene rings is 1. The minimum atomic E-state index is -1.08. The molecule has 6 heteroatoms. The molecule has 104 valence electrons. The van der Waals surface area contributed by atoms with Gasteiger partial charge in [-0.3, -0.25) is 9.69 Å². The van der Waals surface area contributed by atoms with E-state index in [0.29, 0.717) is 10.7 Å². The first kappa shape index (κ1) is 15.3. The molecule has 0 saturated heterocycles. The summed E-state index contributed by atoms with van der Waals surface area (Å²) in [6.45, 7) is 5.06. The van der Waals surface area contributed by atoms with Crippen LogP contribution in [0.15, 0.2) is 24.3 Å². The van der Waals surface area contributed by atoms with E-state index in [0.717, 1.165) is 4.90 Å². The first-order valence-corrected chi connectivity index (χ1v) is 6.14. The molecule has 1 aromatic carbocycles. The lowest BCUT2D eigenvalue weighted by Crippen LogP contribution is -2.50. The second-order valence-corrected chi connectivity index (χ2v) is 5.57. The van der Waals surface area contributed by atoms with Gasteiger partial charge >= 0.3 is 12.0 Å². The molecule has 0 spiro atoms. The summed E-state index contributed by atoms with van der Waals surface area (Å²) in [6.07, 6.45) is 0. The molecule has 0 aliphatic carbocycles. The monoisotopic (exact) mass is 284 g/mol. The van der Waals surface area contributed by atoms with Crippen LogP contribution in [-0.4, -0.2) is 29.2 Å². The number of aliphatic carboxylic acids is 1. The van der Waals surface area contributed by atoms with Gasteiger partial charge in [-0.15, -0.1) is 0 Å². The third-order valence-electron chi connectivity index (χ3n) is 2.16. The number of carboxylic acid groups (broad SMARTS) is 1. The van der Waals surface area contributed by atoms with E-state index in [4.69, 9.17) is 16.7 Å². The Hall–Kier alpha value is -1.75. The number of hydrogen-bond acceptors (Lipinski definition) is 2. The lowest BCUT2D eigenvalue weighted by molar-refractivity contribution is -0.135. The Balaban J connectivity index is 2.97. The average molecular weight is 285 g/mol. The van der Waals surface area contributed by atoms with Gasteiger partial charge in [0.2, 0.25) is 0 Å². The normalized spacial score (nSPS) is 10.9. The van der Waals surface area contributed by atoms with Gasteiger partial charge < -0.3 is 10.4 Å². The summed E-state index contributed by atoms with van der Waals surface area (Å²) in [7, 11) is 0. The highest BCUT2D eigenvalue weighted by atomic mass is 35.5. The van der Waals surface area contributed by atoms with E-state index >= 15 is 0 Å². The molecule has 0 bridgehead atoms. The topological polar surface area (TPSA) is 69.6 Å². The number of rotatable bonds is 3. The number of carbonyl (C=O) groups is 2. The predicted octanol–water partition coefficient (Wildman–Crippen LogP) is 2.74. The van der Waals surface area contributed by atoms with E-state index in [2.05, 4.69) is 5.32 Å². The van der Waals surface area contributed by atoms with Crippen molar-refractivity contribution < 1.29 is 14.7 Å². The summed E-state index contributed by atoms with van der Waals surface area (Å²) in [5.74, 6) is -1.08. The van der Waals surface area contributed by atoms with E-state index in [1.807, 2.05) is 20.8 Å². The van der Waals surface area contributed by atoms with E-state index in [9.17, 15) is 9.59 Å². The van der Waals surface area contributed by atoms with Gasteiger partial charge in [-0.25, -0.2) is 4.79 Å². The van der Waals surface area contributed by atoms with Crippen LogP contribution in [0.25, 0.3) is 0 Å². The van der Waals surface area contributed by atoms with Gasteiger partial charge in [0.25, 0.3) is 0 Å². The van der Waals surface area contributed by atoms with Crippen LogP contribution < -0.4 is 10.2 Å². The average Bonchev–Trinajstić information content (AvgIpc) is 2.24. The Morgan fingerprint density at radius 1 is 1.26 bits per heavy atom. The highest BCUT2D eigenvalue weighted by Crippen LogP contribution is 2.18. The Bertz CT molecular complexity index is 466. The smallest absolute Gasteiger partial charge is 0.323 e. The van der Waals surface area contributed by atoms with Crippen molar-refractivity contribution >= 4 is 29.3 Å². The number of anilines is 1. The SMILES string of the molecule is CC(C)(C)NC(=O)N(CC(=O)O)c1ccc(Cl)cc1. The molecule has 5 nitrogen and oxygen atoms in total. The summed E-state index contributed by atoms with van der Waals surface area (Å²) in [5, 5.41) is 12.2. The summed E-state index contributed by atoms with van der Waals surface area (Å²) < 4.78 is 0. The van der Waals surface area contributed by atoms with Gasteiger partial charge in [0, 0.05) is 16.2 Å². The van der Waals surface area contributed by atoms with Crippen LogP contribution in [0.5, 0.6) is 0 Å². The van der Waals surface area contributed by atoms with Crippen molar-refractivity contribution in [3.8, 4) is 0 Å². The Kier molecular flexibility index (Phi) is 4.78. The molecule has 0 fully saturated rings. The van der Waals surface area contributed by atoms with Crippen LogP contribution in [0.4, 0.5) is 10.5 Å². The van der Waals surface area contributed by atoms with Gasteiger partial charge in [0.1, 0.15) is 6.54 Å². The summed E-state index contributed by atoms with van der Waals surface area (Å²) in [5.41, 5.74) is 0.0360. The van der Waals surface area contributed by atoms with E-state index < -0.39 is 24.1 Å². The molecular weight excluding hydrogens is 268 g/mol. The quantitative estimate of drug-likeness (QED) is 0.896. The van der Waals surface area contributed by atoms with Crippen molar-refractivity contribution in [2.45, 2.75) is 26.3 Å². The van der Waals surface area contributed by atoms with E-state index in [1.54, 1.807) is 24.3 Å². The third-order valence-corrected chi connectivity index (χ3v) is 2.41. The Morgan fingerprint density at radius 2 is 1.79 bits per heavy atom. The van der Waals surface area contributed by atoms with Crippen molar-refractivity contribution in [3.63, 3.8) is 0 Å². The summed E-state index contributed by atoms with van der Waals surface area (Å²) in [6, 6.07) is 5.96. The van der Waals surface area contributed by atoms with Gasteiger partial charge in [-0.2, -0.15) is 0 Å². The first-order chi connectivity index (χ1) is 8.69. The standard InChI is InChI=1S/C13H17ClN2O3/c1-13(2,3)15-12(19)16(8-11(17)18)10-6-4-9(14)5-7-10/h4-7H,8H2,1-3H3,(H,15,19)(H,17,18). The third kappa shape index (κ3) is 5.18. The van der Waals surface area contributed by atoms with Crippen LogP contribution in [-0.2, 0) is 4.79 Å². The second-order valence-electron chi connectivity index (χ2n) is 5.14. The number of carbonyl (C=O) groups excluding carboxylic acids is 1. The minimum Gasteiger partial charge on any atom is -0.480 e. The summed E-state index contributed by atoms with van der Waals surface area (Å²) in [4.78, 5) is 24.1. The molecule has 0 radical (unpaired) electrons. The second kappa shape index (κ2) is 5.93. The Labute approximate surface area is 117 Å². The molecule has 2 N–H and O–H groups in total. The molecule has 2 amide bonds.